The van der Waals surface area contributed by atoms with Crippen molar-refractivity contribution in [1.29, 1.82) is 0 Å². The highest BCUT2D eigenvalue weighted by Crippen LogP contribution is 2.27. The van der Waals surface area contributed by atoms with Crippen molar-refractivity contribution >= 4 is 27.3 Å². The molecule has 0 aliphatic rings. The van der Waals surface area contributed by atoms with Crippen molar-refractivity contribution in [3.05, 3.63) is 45.0 Å². The van der Waals surface area contributed by atoms with E-state index in [2.05, 4.69) is 45.0 Å². The third-order valence-electron chi connectivity index (χ3n) is 2.35. The molecular formula is C12H14BrNOS. The standard InChI is InChI=1S/C12H14BrNOS/c1-2-6-14-12(9-5-7-16-8-9)10-3-4-11(13)15-10/h3-5,7-8,12,14H,2,6H2,1H3. The first kappa shape index (κ1) is 11.9. The maximum absolute atomic E-state index is 5.63. The zero-order valence-electron chi connectivity index (χ0n) is 9.07. The van der Waals surface area contributed by atoms with E-state index in [0.717, 1.165) is 23.4 Å². The molecule has 1 N–H and O–H groups in total. The van der Waals surface area contributed by atoms with Crippen LogP contribution in [0.25, 0.3) is 0 Å². The van der Waals surface area contributed by atoms with E-state index in [1.54, 1.807) is 11.3 Å². The molecule has 4 heteroatoms. The van der Waals surface area contributed by atoms with Crippen LogP contribution >= 0.6 is 27.3 Å². The third-order valence-corrected chi connectivity index (χ3v) is 3.48. The van der Waals surface area contributed by atoms with Crippen molar-refractivity contribution < 1.29 is 4.42 Å². The Morgan fingerprint density at radius 1 is 1.44 bits per heavy atom. The summed E-state index contributed by atoms with van der Waals surface area (Å²) in [5.41, 5.74) is 1.26. The predicted molar refractivity (Wildman–Crippen MR) is 70.9 cm³/mol. The van der Waals surface area contributed by atoms with Gasteiger partial charge in [-0.3, -0.25) is 0 Å². The summed E-state index contributed by atoms with van der Waals surface area (Å²) in [5, 5.41) is 7.74. The van der Waals surface area contributed by atoms with E-state index >= 15 is 0 Å². The molecule has 0 aliphatic heterocycles. The Morgan fingerprint density at radius 3 is 2.88 bits per heavy atom. The van der Waals surface area contributed by atoms with E-state index in [1.807, 2.05) is 12.1 Å². The highest BCUT2D eigenvalue weighted by atomic mass is 79.9. The summed E-state index contributed by atoms with van der Waals surface area (Å²) in [5.74, 6) is 0.957. The molecule has 0 amide bonds. The molecule has 0 aromatic carbocycles. The van der Waals surface area contributed by atoms with Gasteiger partial charge < -0.3 is 9.73 Å². The number of hydrogen-bond acceptors (Lipinski definition) is 3. The largest absolute Gasteiger partial charge is 0.452 e. The third kappa shape index (κ3) is 2.75. The average molecular weight is 300 g/mol. The maximum atomic E-state index is 5.63. The van der Waals surface area contributed by atoms with Crippen LogP contribution in [0, 0.1) is 0 Å². The van der Waals surface area contributed by atoms with Gasteiger partial charge in [-0.25, -0.2) is 0 Å². The fraction of sp³-hybridized carbons (Fsp3) is 0.333. The molecule has 1 atom stereocenters. The van der Waals surface area contributed by atoms with Crippen molar-refractivity contribution in [2.24, 2.45) is 0 Å². The average Bonchev–Trinajstić information content (AvgIpc) is 2.91. The lowest BCUT2D eigenvalue weighted by Gasteiger charge is -2.14. The molecule has 2 heterocycles. The lowest BCUT2D eigenvalue weighted by atomic mass is 10.1. The molecule has 0 radical (unpaired) electrons. The van der Waals surface area contributed by atoms with Gasteiger partial charge in [-0.15, -0.1) is 0 Å². The van der Waals surface area contributed by atoms with Crippen molar-refractivity contribution in [2.45, 2.75) is 19.4 Å². The topological polar surface area (TPSA) is 25.2 Å². The Morgan fingerprint density at radius 2 is 2.31 bits per heavy atom. The van der Waals surface area contributed by atoms with Crippen LogP contribution in [0.5, 0.6) is 0 Å². The highest BCUT2D eigenvalue weighted by Gasteiger charge is 2.17. The minimum absolute atomic E-state index is 0.164. The summed E-state index contributed by atoms with van der Waals surface area (Å²) in [4.78, 5) is 0. The molecule has 0 bridgehead atoms. The van der Waals surface area contributed by atoms with Crippen LogP contribution in [0.3, 0.4) is 0 Å². The molecule has 0 aliphatic carbocycles. The summed E-state index contributed by atoms with van der Waals surface area (Å²) in [6, 6.07) is 6.24. The van der Waals surface area contributed by atoms with Crippen LogP contribution in [-0.4, -0.2) is 6.54 Å². The Hall–Kier alpha value is -0.580. The molecule has 2 aromatic rings. The first-order valence-corrected chi connectivity index (χ1v) is 7.05. The predicted octanol–water partition coefficient (Wildman–Crippen LogP) is 4.19. The van der Waals surface area contributed by atoms with E-state index in [4.69, 9.17) is 4.42 Å². The Labute approximate surface area is 108 Å². The van der Waals surface area contributed by atoms with E-state index in [0.29, 0.717) is 0 Å². The van der Waals surface area contributed by atoms with Crippen molar-refractivity contribution in [3.8, 4) is 0 Å². The van der Waals surface area contributed by atoms with Crippen LogP contribution in [0.4, 0.5) is 0 Å². The van der Waals surface area contributed by atoms with Gasteiger partial charge in [0.2, 0.25) is 0 Å². The molecule has 0 fully saturated rings. The SMILES string of the molecule is CCCNC(c1ccsc1)c1ccc(Br)o1. The first-order valence-electron chi connectivity index (χ1n) is 5.32. The number of halogens is 1. The molecule has 2 nitrogen and oxygen atoms in total. The summed E-state index contributed by atoms with van der Waals surface area (Å²) >= 11 is 5.05. The second-order valence-corrected chi connectivity index (χ2v) is 5.15. The minimum Gasteiger partial charge on any atom is -0.452 e. The second kappa shape index (κ2) is 5.66. The number of rotatable bonds is 5. The lowest BCUT2D eigenvalue weighted by Crippen LogP contribution is -2.22. The molecule has 0 spiro atoms. The Bertz CT molecular complexity index is 424. The molecule has 1 unspecified atom stereocenters. The summed E-state index contributed by atoms with van der Waals surface area (Å²) < 4.78 is 6.40. The van der Waals surface area contributed by atoms with Crippen LogP contribution in [0.1, 0.15) is 30.7 Å². The van der Waals surface area contributed by atoms with Crippen LogP contribution in [0.2, 0.25) is 0 Å². The van der Waals surface area contributed by atoms with Gasteiger partial charge >= 0.3 is 0 Å². The van der Waals surface area contributed by atoms with Gasteiger partial charge in [0.15, 0.2) is 4.67 Å². The van der Waals surface area contributed by atoms with E-state index in [-0.39, 0.29) is 6.04 Å². The van der Waals surface area contributed by atoms with E-state index in [9.17, 15) is 0 Å². The number of hydrogen-bond donors (Lipinski definition) is 1. The number of furan rings is 1. The maximum Gasteiger partial charge on any atom is 0.169 e. The summed E-state index contributed by atoms with van der Waals surface area (Å²) in [6.45, 7) is 3.15. The fourth-order valence-corrected chi connectivity index (χ4v) is 2.60. The van der Waals surface area contributed by atoms with E-state index < -0.39 is 0 Å². The molecule has 2 aromatic heterocycles. The van der Waals surface area contributed by atoms with Crippen molar-refractivity contribution in [3.63, 3.8) is 0 Å². The summed E-state index contributed by atoms with van der Waals surface area (Å²) in [6.07, 6.45) is 1.11. The molecule has 0 saturated carbocycles. The smallest absolute Gasteiger partial charge is 0.169 e. The van der Waals surface area contributed by atoms with Crippen molar-refractivity contribution in [2.75, 3.05) is 6.54 Å². The number of thiophene rings is 1. The van der Waals surface area contributed by atoms with Gasteiger partial charge in [0, 0.05) is 0 Å². The molecule has 16 heavy (non-hydrogen) atoms. The molecule has 2 rings (SSSR count). The molecule has 0 saturated heterocycles. The monoisotopic (exact) mass is 299 g/mol. The van der Waals surface area contributed by atoms with Crippen molar-refractivity contribution in [1.82, 2.24) is 5.32 Å². The van der Waals surface area contributed by atoms with Crippen LogP contribution in [-0.2, 0) is 0 Å². The van der Waals surface area contributed by atoms with Gasteiger partial charge in [-0.1, -0.05) is 6.92 Å². The first-order chi connectivity index (χ1) is 7.81. The normalized spacial score (nSPS) is 12.9. The Kier molecular flexibility index (Phi) is 4.21. The minimum atomic E-state index is 0.164. The zero-order chi connectivity index (χ0) is 11.4. The number of nitrogens with one attached hydrogen (secondary N) is 1. The van der Waals surface area contributed by atoms with E-state index in [1.165, 1.54) is 5.56 Å². The molecule has 86 valence electrons. The highest BCUT2D eigenvalue weighted by molar-refractivity contribution is 9.10. The van der Waals surface area contributed by atoms with Gasteiger partial charge in [-0.2, -0.15) is 11.3 Å². The van der Waals surface area contributed by atoms with Gasteiger partial charge in [0.05, 0.1) is 6.04 Å². The lowest BCUT2D eigenvalue weighted by molar-refractivity contribution is 0.433. The second-order valence-electron chi connectivity index (χ2n) is 3.59. The molecular weight excluding hydrogens is 286 g/mol. The summed E-state index contributed by atoms with van der Waals surface area (Å²) in [7, 11) is 0. The zero-order valence-corrected chi connectivity index (χ0v) is 11.5. The van der Waals surface area contributed by atoms with Crippen LogP contribution < -0.4 is 5.32 Å². The van der Waals surface area contributed by atoms with Crippen LogP contribution in [0.15, 0.2) is 38.0 Å². The fourth-order valence-electron chi connectivity index (χ4n) is 1.59. The van der Waals surface area contributed by atoms with Gasteiger partial charge in [0.25, 0.3) is 0 Å². The van der Waals surface area contributed by atoms with Gasteiger partial charge in [0.1, 0.15) is 5.76 Å². The van der Waals surface area contributed by atoms with Gasteiger partial charge in [-0.05, 0) is 63.4 Å². The quantitative estimate of drug-likeness (QED) is 0.895. The Balaban J connectivity index is 2.21.